The number of hydrogen-bond donors (Lipinski definition) is 1. The molecule has 1 aliphatic carbocycles. The molecule has 92 valence electrons. The monoisotopic (exact) mass is 253 g/mol. The minimum atomic E-state index is -3.43. The summed E-state index contributed by atoms with van der Waals surface area (Å²) in [6.45, 7) is 0.350. The molecule has 0 spiro atoms. The fourth-order valence-corrected chi connectivity index (χ4v) is 3.11. The van der Waals surface area contributed by atoms with Gasteiger partial charge in [0, 0.05) is 19.4 Å². The Morgan fingerprint density at radius 1 is 1.24 bits per heavy atom. The van der Waals surface area contributed by atoms with Gasteiger partial charge in [-0.2, -0.15) is 0 Å². The summed E-state index contributed by atoms with van der Waals surface area (Å²) in [5, 5.41) is 0. The lowest BCUT2D eigenvalue weighted by Gasteiger charge is -2.10. The van der Waals surface area contributed by atoms with Gasteiger partial charge in [-0.1, -0.05) is 18.2 Å². The minimum absolute atomic E-state index is 0.154. The molecule has 0 amide bonds. The predicted molar refractivity (Wildman–Crippen MR) is 64.0 cm³/mol. The molecule has 1 N–H and O–H groups in total. The van der Waals surface area contributed by atoms with E-state index in [9.17, 15) is 13.2 Å². The number of nitrogens with one attached hydrogen (secondary N) is 1. The standard InChI is InChI=1S/C12H15NO3S/c14-11-7-6-10(8-11)9-13-17(15,16)12-4-2-1-3-5-12/h1-5,10,13H,6-9H2. The van der Waals surface area contributed by atoms with E-state index in [1.54, 1.807) is 30.3 Å². The normalized spacial score (nSPS) is 20.7. The Kier molecular flexibility index (Phi) is 3.59. The zero-order chi connectivity index (χ0) is 12.3. The van der Waals surface area contributed by atoms with E-state index in [1.807, 2.05) is 0 Å². The van der Waals surface area contributed by atoms with Crippen molar-refractivity contribution >= 4 is 15.8 Å². The Bertz CT molecular complexity index is 496. The summed E-state index contributed by atoms with van der Waals surface area (Å²) in [7, 11) is -3.43. The first kappa shape index (κ1) is 12.3. The van der Waals surface area contributed by atoms with Gasteiger partial charge in [-0.25, -0.2) is 13.1 Å². The van der Waals surface area contributed by atoms with Gasteiger partial charge in [-0.05, 0) is 24.5 Å². The van der Waals surface area contributed by atoms with Gasteiger partial charge in [-0.15, -0.1) is 0 Å². The van der Waals surface area contributed by atoms with Gasteiger partial charge in [0.1, 0.15) is 5.78 Å². The van der Waals surface area contributed by atoms with E-state index in [1.165, 1.54) is 0 Å². The van der Waals surface area contributed by atoms with Crippen LogP contribution in [-0.4, -0.2) is 20.7 Å². The van der Waals surface area contributed by atoms with Crippen LogP contribution in [0.3, 0.4) is 0 Å². The summed E-state index contributed by atoms with van der Waals surface area (Å²) < 4.78 is 26.3. The molecule has 1 fully saturated rings. The van der Waals surface area contributed by atoms with Crippen LogP contribution in [0.1, 0.15) is 19.3 Å². The van der Waals surface area contributed by atoms with E-state index in [0.717, 1.165) is 6.42 Å². The van der Waals surface area contributed by atoms with Crippen LogP contribution in [0.4, 0.5) is 0 Å². The summed E-state index contributed by atoms with van der Waals surface area (Å²) in [6.07, 6.45) is 1.87. The molecule has 1 saturated carbocycles. The van der Waals surface area contributed by atoms with Crippen molar-refractivity contribution in [2.45, 2.75) is 24.2 Å². The molecule has 0 bridgehead atoms. The molecule has 1 aromatic rings. The predicted octanol–water partition coefficient (Wildman–Crippen LogP) is 1.33. The first-order valence-electron chi connectivity index (χ1n) is 5.64. The van der Waals surface area contributed by atoms with Crippen molar-refractivity contribution in [1.82, 2.24) is 4.72 Å². The maximum Gasteiger partial charge on any atom is 0.240 e. The van der Waals surface area contributed by atoms with Crippen LogP contribution >= 0.6 is 0 Å². The van der Waals surface area contributed by atoms with Crippen molar-refractivity contribution in [3.05, 3.63) is 30.3 Å². The van der Waals surface area contributed by atoms with Crippen molar-refractivity contribution in [1.29, 1.82) is 0 Å². The molecular formula is C12H15NO3S. The Balaban J connectivity index is 1.97. The zero-order valence-corrected chi connectivity index (χ0v) is 10.2. The number of sulfonamides is 1. The lowest BCUT2D eigenvalue weighted by molar-refractivity contribution is -0.117. The fraction of sp³-hybridized carbons (Fsp3) is 0.417. The number of ketones is 1. The Morgan fingerprint density at radius 2 is 1.94 bits per heavy atom. The van der Waals surface area contributed by atoms with E-state index >= 15 is 0 Å². The quantitative estimate of drug-likeness (QED) is 0.880. The van der Waals surface area contributed by atoms with Gasteiger partial charge in [0.25, 0.3) is 0 Å². The highest BCUT2D eigenvalue weighted by Gasteiger charge is 2.24. The molecular weight excluding hydrogens is 238 g/mol. The minimum Gasteiger partial charge on any atom is -0.300 e. The lowest BCUT2D eigenvalue weighted by atomic mass is 10.1. The number of rotatable bonds is 4. The lowest BCUT2D eigenvalue weighted by Crippen LogP contribution is -2.28. The molecule has 1 atom stereocenters. The SMILES string of the molecule is O=C1CCC(CNS(=O)(=O)c2ccccc2)C1. The number of carbonyl (C=O) groups is 1. The second-order valence-corrected chi connectivity index (χ2v) is 6.08. The molecule has 1 aliphatic rings. The number of hydrogen-bond acceptors (Lipinski definition) is 3. The fourth-order valence-electron chi connectivity index (χ4n) is 1.98. The summed E-state index contributed by atoms with van der Waals surface area (Å²) in [4.78, 5) is 11.3. The number of carbonyl (C=O) groups excluding carboxylic acids is 1. The molecule has 0 saturated heterocycles. The van der Waals surface area contributed by atoms with Crippen LogP contribution in [0.2, 0.25) is 0 Å². The van der Waals surface area contributed by atoms with Gasteiger partial charge >= 0.3 is 0 Å². The summed E-state index contributed by atoms with van der Waals surface area (Å²) in [6, 6.07) is 8.26. The molecule has 0 radical (unpaired) electrons. The number of benzene rings is 1. The molecule has 0 heterocycles. The van der Waals surface area contributed by atoms with Gasteiger partial charge in [0.2, 0.25) is 10.0 Å². The first-order chi connectivity index (χ1) is 8.08. The first-order valence-corrected chi connectivity index (χ1v) is 7.12. The van der Waals surface area contributed by atoms with Gasteiger partial charge < -0.3 is 0 Å². The van der Waals surface area contributed by atoms with Crippen molar-refractivity contribution in [3.63, 3.8) is 0 Å². The van der Waals surface area contributed by atoms with Crippen LogP contribution in [0.15, 0.2) is 35.2 Å². The maximum absolute atomic E-state index is 11.9. The van der Waals surface area contributed by atoms with Crippen LogP contribution in [-0.2, 0) is 14.8 Å². The Labute approximate surface area is 101 Å². The summed E-state index contributed by atoms with van der Waals surface area (Å²) in [5.41, 5.74) is 0. The molecule has 1 unspecified atom stereocenters. The number of Topliss-reactive ketones (excluding diaryl/α,β-unsaturated/α-hetero) is 1. The average molecular weight is 253 g/mol. The molecule has 4 nitrogen and oxygen atoms in total. The van der Waals surface area contributed by atoms with Crippen molar-refractivity contribution in [2.75, 3.05) is 6.54 Å². The Morgan fingerprint density at radius 3 is 2.53 bits per heavy atom. The largest absolute Gasteiger partial charge is 0.300 e. The third kappa shape index (κ3) is 3.14. The zero-order valence-electron chi connectivity index (χ0n) is 9.43. The molecule has 2 rings (SSSR count). The van der Waals surface area contributed by atoms with Crippen molar-refractivity contribution in [3.8, 4) is 0 Å². The molecule has 1 aromatic carbocycles. The van der Waals surface area contributed by atoms with Crippen LogP contribution < -0.4 is 4.72 Å². The topological polar surface area (TPSA) is 63.2 Å². The third-order valence-corrected chi connectivity index (χ3v) is 4.40. The van der Waals surface area contributed by atoms with E-state index in [0.29, 0.717) is 19.4 Å². The molecule has 0 aromatic heterocycles. The van der Waals surface area contributed by atoms with Crippen LogP contribution in [0.5, 0.6) is 0 Å². The highest BCUT2D eigenvalue weighted by Crippen LogP contribution is 2.21. The third-order valence-electron chi connectivity index (χ3n) is 2.96. The highest BCUT2D eigenvalue weighted by atomic mass is 32.2. The average Bonchev–Trinajstić information content (AvgIpc) is 2.74. The molecule has 17 heavy (non-hydrogen) atoms. The van der Waals surface area contributed by atoms with Crippen molar-refractivity contribution < 1.29 is 13.2 Å². The van der Waals surface area contributed by atoms with Crippen molar-refractivity contribution in [2.24, 2.45) is 5.92 Å². The van der Waals surface area contributed by atoms with Gasteiger partial charge in [0.15, 0.2) is 0 Å². The van der Waals surface area contributed by atoms with Crippen LogP contribution in [0.25, 0.3) is 0 Å². The van der Waals surface area contributed by atoms with Crippen LogP contribution in [0, 0.1) is 5.92 Å². The van der Waals surface area contributed by atoms with E-state index < -0.39 is 10.0 Å². The van der Waals surface area contributed by atoms with E-state index in [-0.39, 0.29) is 16.6 Å². The maximum atomic E-state index is 11.9. The summed E-state index contributed by atoms with van der Waals surface area (Å²) >= 11 is 0. The molecule has 0 aliphatic heterocycles. The second-order valence-electron chi connectivity index (χ2n) is 4.31. The molecule has 5 heteroatoms. The summed E-state index contributed by atoms with van der Waals surface area (Å²) in [5.74, 6) is 0.384. The van der Waals surface area contributed by atoms with E-state index in [2.05, 4.69) is 4.72 Å². The smallest absolute Gasteiger partial charge is 0.240 e. The van der Waals surface area contributed by atoms with Gasteiger partial charge in [0.05, 0.1) is 4.90 Å². The highest BCUT2D eigenvalue weighted by molar-refractivity contribution is 7.89. The van der Waals surface area contributed by atoms with Gasteiger partial charge in [-0.3, -0.25) is 4.79 Å². The Hall–Kier alpha value is -1.20. The van der Waals surface area contributed by atoms with E-state index in [4.69, 9.17) is 0 Å². The second kappa shape index (κ2) is 4.98.